The van der Waals surface area contributed by atoms with Crippen LogP contribution in [0.25, 0.3) is 11.0 Å². The molecule has 2 aromatic rings. The van der Waals surface area contributed by atoms with Gasteiger partial charge in [0.1, 0.15) is 5.52 Å². The second kappa shape index (κ2) is 6.55. The normalized spacial score (nSPS) is 20.1. The minimum atomic E-state index is 0.268. The third kappa shape index (κ3) is 3.11. The molecule has 0 unspecified atom stereocenters. The second-order valence-corrected chi connectivity index (χ2v) is 6.28. The Morgan fingerprint density at radius 2 is 1.78 bits per heavy atom. The summed E-state index contributed by atoms with van der Waals surface area (Å²) in [7, 11) is 0. The summed E-state index contributed by atoms with van der Waals surface area (Å²) in [5.41, 5.74) is 2.84. The van der Waals surface area contributed by atoms with E-state index in [1.807, 2.05) is 6.20 Å². The smallest absolute Gasteiger partial charge is 0.225 e. The lowest BCUT2D eigenvalue weighted by atomic mass is 9.93. The minimum Gasteiger partial charge on any atom is -0.381 e. The van der Waals surface area contributed by atoms with E-state index in [1.54, 1.807) is 0 Å². The van der Waals surface area contributed by atoms with Gasteiger partial charge in [-0.25, -0.2) is 4.98 Å². The van der Waals surface area contributed by atoms with Gasteiger partial charge in [-0.05, 0) is 42.0 Å². The van der Waals surface area contributed by atoms with Crippen LogP contribution in [0.4, 0.5) is 5.82 Å². The number of rotatable bonds is 2. The first-order chi connectivity index (χ1) is 11.3. The van der Waals surface area contributed by atoms with Gasteiger partial charge in [-0.15, -0.1) is 0 Å². The molecule has 4 rings (SSSR count). The summed E-state index contributed by atoms with van der Waals surface area (Å²) in [5, 5.41) is 0.268. The van der Waals surface area contributed by atoms with Gasteiger partial charge in [-0.3, -0.25) is 4.98 Å². The Labute approximate surface area is 139 Å². The van der Waals surface area contributed by atoms with Gasteiger partial charge in [0, 0.05) is 32.5 Å². The molecule has 0 aliphatic carbocycles. The Morgan fingerprint density at radius 3 is 2.57 bits per heavy atom. The van der Waals surface area contributed by atoms with Crippen LogP contribution in [0.2, 0.25) is 5.28 Å². The van der Waals surface area contributed by atoms with Crippen LogP contribution in [0.15, 0.2) is 12.3 Å². The molecule has 0 spiro atoms. The number of anilines is 1. The fourth-order valence-corrected chi connectivity index (χ4v) is 3.41. The molecule has 2 fully saturated rings. The number of morpholine rings is 1. The average molecular weight is 335 g/mol. The largest absolute Gasteiger partial charge is 0.381 e. The van der Waals surface area contributed by atoms with Gasteiger partial charge in [0.15, 0.2) is 5.82 Å². The van der Waals surface area contributed by atoms with Crippen molar-refractivity contribution in [1.82, 2.24) is 15.0 Å². The van der Waals surface area contributed by atoms with Crippen LogP contribution in [0.5, 0.6) is 0 Å². The second-order valence-electron chi connectivity index (χ2n) is 5.94. The maximum absolute atomic E-state index is 6.15. The van der Waals surface area contributed by atoms with E-state index in [-0.39, 0.29) is 5.28 Å². The van der Waals surface area contributed by atoms with Crippen molar-refractivity contribution < 1.29 is 9.47 Å². The Hall–Kier alpha value is -1.50. The lowest BCUT2D eigenvalue weighted by Crippen LogP contribution is -2.37. The topological polar surface area (TPSA) is 60.4 Å². The molecule has 2 aromatic heterocycles. The lowest BCUT2D eigenvalue weighted by molar-refractivity contribution is 0.0853. The van der Waals surface area contributed by atoms with Crippen LogP contribution in [-0.4, -0.2) is 54.5 Å². The highest BCUT2D eigenvalue weighted by Crippen LogP contribution is 2.30. The Balaban J connectivity index is 1.73. The van der Waals surface area contributed by atoms with Crippen LogP contribution >= 0.6 is 11.6 Å². The summed E-state index contributed by atoms with van der Waals surface area (Å²) in [6.45, 7) is 4.61. The first-order valence-corrected chi connectivity index (χ1v) is 8.43. The molecule has 0 bridgehead atoms. The maximum atomic E-state index is 6.15. The van der Waals surface area contributed by atoms with Gasteiger partial charge < -0.3 is 14.4 Å². The molecule has 2 saturated heterocycles. The van der Waals surface area contributed by atoms with E-state index in [4.69, 9.17) is 21.1 Å². The van der Waals surface area contributed by atoms with Crippen molar-refractivity contribution in [2.24, 2.45) is 0 Å². The molecule has 0 aromatic carbocycles. The molecule has 4 heterocycles. The minimum absolute atomic E-state index is 0.268. The number of nitrogens with zero attached hydrogens (tertiary/aromatic N) is 4. The summed E-state index contributed by atoms with van der Waals surface area (Å²) in [6, 6.07) is 2.11. The van der Waals surface area contributed by atoms with E-state index in [2.05, 4.69) is 25.9 Å². The molecule has 0 saturated carbocycles. The van der Waals surface area contributed by atoms with Gasteiger partial charge in [0.25, 0.3) is 0 Å². The highest BCUT2D eigenvalue weighted by molar-refractivity contribution is 6.28. The standard InChI is InChI=1S/C16H19ClN4O2/c17-16-19-13-9-12(11-1-5-22-6-2-11)10-18-14(13)15(20-16)21-3-7-23-8-4-21/h9-11H,1-8H2. The Morgan fingerprint density at radius 1 is 1.04 bits per heavy atom. The monoisotopic (exact) mass is 334 g/mol. The van der Waals surface area contributed by atoms with Gasteiger partial charge >= 0.3 is 0 Å². The van der Waals surface area contributed by atoms with Crippen molar-refractivity contribution >= 4 is 28.5 Å². The number of pyridine rings is 1. The van der Waals surface area contributed by atoms with Gasteiger partial charge in [0.05, 0.1) is 18.7 Å². The highest BCUT2D eigenvalue weighted by Gasteiger charge is 2.21. The molecule has 0 radical (unpaired) electrons. The van der Waals surface area contributed by atoms with Crippen LogP contribution in [0.1, 0.15) is 24.3 Å². The predicted molar refractivity (Wildman–Crippen MR) is 88.2 cm³/mol. The summed E-state index contributed by atoms with van der Waals surface area (Å²) >= 11 is 6.15. The average Bonchev–Trinajstić information content (AvgIpc) is 2.62. The SMILES string of the molecule is Clc1nc(N2CCOCC2)c2ncc(C3CCOCC3)cc2n1. The molecule has 2 aliphatic heterocycles. The number of fused-ring (bicyclic) bond motifs is 1. The molecule has 7 heteroatoms. The van der Waals surface area contributed by atoms with E-state index in [0.29, 0.717) is 19.1 Å². The zero-order valence-electron chi connectivity index (χ0n) is 12.9. The van der Waals surface area contributed by atoms with E-state index in [0.717, 1.165) is 56.0 Å². The van der Waals surface area contributed by atoms with Crippen LogP contribution in [0.3, 0.4) is 0 Å². The molecule has 2 aliphatic rings. The van der Waals surface area contributed by atoms with Crippen molar-refractivity contribution in [2.75, 3.05) is 44.4 Å². The number of aromatic nitrogens is 3. The van der Waals surface area contributed by atoms with Crippen molar-refractivity contribution in [2.45, 2.75) is 18.8 Å². The van der Waals surface area contributed by atoms with E-state index in [9.17, 15) is 0 Å². The van der Waals surface area contributed by atoms with Crippen LogP contribution in [0, 0.1) is 0 Å². The highest BCUT2D eigenvalue weighted by atomic mass is 35.5. The summed E-state index contributed by atoms with van der Waals surface area (Å²) < 4.78 is 10.9. The molecule has 0 atom stereocenters. The van der Waals surface area contributed by atoms with Gasteiger partial charge in [0.2, 0.25) is 5.28 Å². The first kappa shape index (κ1) is 15.1. The lowest BCUT2D eigenvalue weighted by Gasteiger charge is -2.28. The molecule has 0 N–H and O–H groups in total. The number of halogens is 1. The van der Waals surface area contributed by atoms with Gasteiger partial charge in [-0.1, -0.05) is 0 Å². The summed E-state index contributed by atoms with van der Waals surface area (Å²) in [5.74, 6) is 1.29. The fraction of sp³-hybridized carbons (Fsp3) is 0.562. The van der Waals surface area contributed by atoms with E-state index in [1.165, 1.54) is 5.56 Å². The number of ether oxygens (including phenoxy) is 2. The third-order valence-electron chi connectivity index (χ3n) is 4.51. The maximum Gasteiger partial charge on any atom is 0.225 e. The van der Waals surface area contributed by atoms with E-state index >= 15 is 0 Å². The first-order valence-electron chi connectivity index (χ1n) is 8.05. The van der Waals surface area contributed by atoms with Crippen LogP contribution in [-0.2, 0) is 9.47 Å². The molecular formula is C16H19ClN4O2. The van der Waals surface area contributed by atoms with Gasteiger partial charge in [-0.2, -0.15) is 4.98 Å². The number of hydrogen-bond acceptors (Lipinski definition) is 6. The van der Waals surface area contributed by atoms with E-state index < -0.39 is 0 Å². The molecular weight excluding hydrogens is 316 g/mol. The number of hydrogen-bond donors (Lipinski definition) is 0. The van der Waals surface area contributed by atoms with Crippen molar-refractivity contribution in [3.8, 4) is 0 Å². The van der Waals surface area contributed by atoms with Crippen molar-refractivity contribution in [3.05, 3.63) is 23.1 Å². The molecule has 122 valence electrons. The summed E-state index contributed by atoms with van der Waals surface area (Å²) in [4.78, 5) is 15.6. The zero-order chi connectivity index (χ0) is 15.6. The molecule has 0 amide bonds. The molecule has 23 heavy (non-hydrogen) atoms. The Bertz CT molecular complexity index is 700. The van der Waals surface area contributed by atoms with Crippen molar-refractivity contribution in [3.63, 3.8) is 0 Å². The van der Waals surface area contributed by atoms with Crippen LogP contribution < -0.4 is 4.90 Å². The van der Waals surface area contributed by atoms with Crippen molar-refractivity contribution in [1.29, 1.82) is 0 Å². The quantitative estimate of drug-likeness (QED) is 0.786. The Kier molecular flexibility index (Phi) is 4.29. The zero-order valence-corrected chi connectivity index (χ0v) is 13.6. The predicted octanol–water partition coefficient (Wildman–Crippen LogP) is 2.41. The summed E-state index contributed by atoms with van der Waals surface area (Å²) in [6.07, 6.45) is 4.02. The third-order valence-corrected chi connectivity index (χ3v) is 4.68. The fourth-order valence-electron chi connectivity index (χ4n) is 3.24. The molecule has 6 nitrogen and oxygen atoms in total.